The molecule has 0 radical (unpaired) electrons. The van der Waals surface area contributed by atoms with Gasteiger partial charge in [-0.25, -0.2) is 0 Å². The van der Waals surface area contributed by atoms with Crippen LogP contribution in [0.3, 0.4) is 0 Å². The van der Waals surface area contributed by atoms with Crippen molar-refractivity contribution in [2.24, 2.45) is 0 Å². The highest BCUT2D eigenvalue weighted by Gasteiger charge is 2.09. The van der Waals surface area contributed by atoms with Gasteiger partial charge in [0.05, 0.1) is 5.69 Å². The molecule has 0 spiro atoms. The number of nitrogens with one attached hydrogen (secondary N) is 1. The summed E-state index contributed by atoms with van der Waals surface area (Å²) in [4.78, 5) is 0. The van der Waals surface area contributed by atoms with E-state index in [0.717, 1.165) is 30.8 Å². The molecule has 80 valence electrons. The van der Waals surface area contributed by atoms with Crippen LogP contribution in [0.15, 0.2) is 36.5 Å². The predicted octanol–water partition coefficient (Wildman–Crippen LogP) is 1.79. The van der Waals surface area contributed by atoms with Gasteiger partial charge in [-0.2, -0.15) is 10.2 Å². The third-order valence-corrected chi connectivity index (χ3v) is 2.96. The maximum atomic E-state index is 4.13. The van der Waals surface area contributed by atoms with Gasteiger partial charge in [-0.3, -0.25) is 0 Å². The maximum Gasteiger partial charge on any atom is 0.0929 e. The summed E-state index contributed by atoms with van der Waals surface area (Å²) in [5, 5.41) is 11.4. The van der Waals surface area contributed by atoms with E-state index in [1.807, 2.05) is 12.1 Å². The van der Waals surface area contributed by atoms with Crippen LogP contribution in [0.2, 0.25) is 0 Å². The van der Waals surface area contributed by atoms with Crippen molar-refractivity contribution in [3.8, 4) is 11.3 Å². The molecule has 16 heavy (non-hydrogen) atoms. The number of fused-ring (bicyclic) bond motifs is 1. The van der Waals surface area contributed by atoms with E-state index in [1.54, 1.807) is 6.20 Å². The highest BCUT2D eigenvalue weighted by molar-refractivity contribution is 5.60. The van der Waals surface area contributed by atoms with Crippen LogP contribution in [0.4, 0.5) is 0 Å². The van der Waals surface area contributed by atoms with E-state index in [2.05, 4.69) is 33.7 Å². The summed E-state index contributed by atoms with van der Waals surface area (Å²) >= 11 is 0. The molecule has 0 saturated heterocycles. The van der Waals surface area contributed by atoms with Gasteiger partial charge in [0.2, 0.25) is 0 Å². The largest absolute Gasteiger partial charge is 0.312 e. The van der Waals surface area contributed by atoms with Crippen LogP contribution in [-0.2, 0) is 13.0 Å². The van der Waals surface area contributed by atoms with Gasteiger partial charge in [-0.1, -0.05) is 12.1 Å². The van der Waals surface area contributed by atoms with E-state index in [0.29, 0.717) is 0 Å². The summed E-state index contributed by atoms with van der Waals surface area (Å²) in [5.74, 6) is 0. The lowest BCUT2D eigenvalue weighted by atomic mass is 9.97. The first kappa shape index (κ1) is 9.48. The molecule has 3 heteroatoms. The summed E-state index contributed by atoms with van der Waals surface area (Å²) < 4.78 is 0. The Labute approximate surface area is 94.5 Å². The van der Waals surface area contributed by atoms with Gasteiger partial charge >= 0.3 is 0 Å². The van der Waals surface area contributed by atoms with E-state index >= 15 is 0 Å². The number of nitrogens with zero attached hydrogens (tertiary/aromatic N) is 2. The van der Waals surface area contributed by atoms with Crippen molar-refractivity contribution in [1.29, 1.82) is 0 Å². The summed E-state index contributed by atoms with van der Waals surface area (Å²) in [6.07, 6.45) is 2.82. The third kappa shape index (κ3) is 1.70. The minimum Gasteiger partial charge on any atom is -0.312 e. The standard InChI is InChI=1S/C13H13N3/c1-2-13(16-15-6-1)11-4-3-10-5-7-14-9-12(10)8-11/h1-4,6,8,14H,5,7,9H2. The zero-order chi connectivity index (χ0) is 10.8. The molecule has 1 aliphatic rings. The van der Waals surface area contributed by atoms with E-state index in [4.69, 9.17) is 0 Å². The second kappa shape index (κ2) is 4.02. The minimum atomic E-state index is 0.941. The molecule has 3 rings (SSSR count). The molecule has 1 N–H and O–H groups in total. The van der Waals surface area contributed by atoms with Gasteiger partial charge in [-0.05, 0) is 42.3 Å². The molecule has 3 nitrogen and oxygen atoms in total. The van der Waals surface area contributed by atoms with Crippen molar-refractivity contribution in [2.75, 3.05) is 6.54 Å². The average molecular weight is 211 g/mol. The van der Waals surface area contributed by atoms with E-state index < -0.39 is 0 Å². The highest BCUT2D eigenvalue weighted by atomic mass is 15.1. The average Bonchev–Trinajstić information content (AvgIpc) is 2.39. The second-order valence-electron chi connectivity index (χ2n) is 4.02. The van der Waals surface area contributed by atoms with Crippen molar-refractivity contribution < 1.29 is 0 Å². The smallest absolute Gasteiger partial charge is 0.0929 e. The first-order valence-electron chi connectivity index (χ1n) is 5.54. The minimum absolute atomic E-state index is 0.941. The van der Waals surface area contributed by atoms with Crippen molar-refractivity contribution in [2.45, 2.75) is 13.0 Å². The van der Waals surface area contributed by atoms with Crippen LogP contribution in [-0.4, -0.2) is 16.7 Å². The normalized spacial score (nSPS) is 14.5. The molecule has 0 aliphatic carbocycles. The molecule has 1 aliphatic heterocycles. The maximum absolute atomic E-state index is 4.13. The number of rotatable bonds is 1. The molecular weight excluding hydrogens is 198 g/mol. The zero-order valence-electron chi connectivity index (χ0n) is 8.98. The molecule has 0 bridgehead atoms. The quantitative estimate of drug-likeness (QED) is 0.781. The number of benzene rings is 1. The predicted molar refractivity (Wildman–Crippen MR) is 62.9 cm³/mol. The van der Waals surface area contributed by atoms with Crippen molar-refractivity contribution in [1.82, 2.24) is 15.5 Å². The molecule has 0 unspecified atom stereocenters. The molecule has 0 saturated carbocycles. The van der Waals surface area contributed by atoms with Crippen molar-refractivity contribution in [3.63, 3.8) is 0 Å². The Morgan fingerprint density at radius 3 is 3.00 bits per heavy atom. The Bertz CT molecular complexity index is 494. The van der Waals surface area contributed by atoms with Crippen LogP contribution in [0.25, 0.3) is 11.3 Å². The molecular formula is C13H13N3. The first-order chi connectivity index (χ1) is 7.93. The Kier molecular flexibility index (Phi) is 2.38. The van der Waals surface area contributed by atoms with E-state index in [9.17, 15) is 0 Å². The Balaban J connectivity index is 2.03. The van der Waals surface area contributed by atoms with Crippen LogP contribution < -0.4 is 5.32 Å². The molecule has 2 heterocycles. The van der Waals surface area contributed by atoms with Gasteiger partial charge in [0, 0.05) is 18.3 Å². The summed E-state index contributed by atoms with van der Waals surface area (Å²) in [6, 6.07) is 10.5. The lowest BCUT2D eigenvalue weighted by molar-refractivity contribution is 0.644. The fourth-order valence-corrected chi connectivity index (χ4v) is 2.10. The van der Waals surface area contributed by atoms with Crippen LogP contribution >= 0.6 is 0 Å². The summed E-state index contributed by atoms with van der Waals surface area (Å²) in [5.41, 5.74) is 4.92. The van der Waals surface area contributed by atoms with Crippen molar-refractivity contribution in [3.05, 3.63) is 47.7 Å². The second-order valence-corrected chi connectivity index (χ2v) is 4.02. The van der Waals surface area contributed by atoms with E-state index in [-0.39, 0.29) is 0 Å². The lowest BCUT2D eigenvalue weighted by Crippen LogP contribution is -2.23. The van der Waals surface area contributed by atoms with Gasteiger partial charge in [-0.15, -0.1) is 0 Å². The van der Waals surface area contributed by atoms with E-state index in [1.165, 1.54) is 11.1 Å². The fraction of sp³-hybridized carbons (Fsp3) is 0.231. The topological polar surface area (TPSA) is 37.8 Å². The number of hydrogen-bond acceptors (Lipinski definition) is 3. The van der Waals surface area contributed by atoms with Crippen LogP contribution in [0.1, 0.15) is 11.1 Å². The SMILES string of the molecule is c1cnnc(-c2ccc3c(c2)CNCC3)c1. The number of aromatic nitrogens is 2. The first-order valence-corrected chi connectivity index (χ1v) is 5.54. The number of hydrogen-bond donors (Lipinski definition) is 1. The molecule has 0 atom stereocenters. The molecule has 0 fully saturated rings. The zero-order valence-corrected chi connectivity index (χ0v) is 8.98. The Hall–Kier alpha value is -1.74. The van der Waals surface area contributed by atoms with Crippen LogP contribution in [0.5, 0.6) is 0 Å². The molecule has 1 aromatic carbocycles. The van der Waals surface area contributed by atoms with Gasteiger partial charge in [0.15, 0.2) is 0 Å². The summed E-state index contributed by atoms with van der Waals surface area (Å²) in [7, 11) is 0. The molecule has 1 aromatic heterocycles. The lowest BCUT2D eigenvalue weighted by Gasteiger charge is -2.17. The van der Waals surface area contributed by atoms with Gasteiger partial charge < -0.3 is 5.32 Å². The Morgan fingerprint density at radius 2 is 2.12 bits per heavy atom. The Morgan fingerprint density at radius 1 is 1.12 bits per heavy atom. The monoisotopic (exact) mass is 211 g/mol. The van der Waals surface area contributed by atoms with Crippen LogP contribution in [0, 0.1) is 0 Å². The van der Waals surface area contributed by atoms with Crippen molar-refractivity contribution >= 4 is 0 Å². The molecule has 2 aromatic rings. The highest BCUT2D eigenvalue weighted by Crippen LogP contribution is 2.22. The summed E-state index contributed by atoms with van der Waals surface area (Å²) in [6.45, 7) is 2.04. The third-order valence-electron chi connectivity index (χ3n) is 2.96. The molecule has 0 amide bonds. The fourth-order valence-electron chi connectivity index (χ4n) is 2.10. The van der Waals surface area contributed by atoms with Gasteiger partial charge in [0.25, 0.3) is 0 Å². The van der Waals surface area contributed by atoms with Gasteiger partial charge in [0.1, 0.15) is 0 Å².